The van der Waals surface area contributed by atoms with Crippen molar-refractivity contribution in [1.82, 2.24) is 16.0 Å². The van der Waals surface area contributed by atoms with E-state index >= 15 is 0 Å². The molecule has 3 N–H and O–H groups in total. The van der Waals surface area contributed by atoms with Gasteiger partial charge in [0.1, 0.15) is 12.1 Å². The van der Waals surface area contributed by atoms with Gasteiger partial charge in [-0.3, -0.25) is 9.59 Å². The summed E-state index contributed by atoms with van der Waals surface area (Å²) in [5, 5.41) is 9.02. The van der Waals surface area contributed by atoms with Crippen molar-refractivity contribution in [2.75, 3.05) is 34.0 Å². The number of rotatable bonds is 14. The molecular formula is C22H35N3O5. The van der Waals surface area contributed by atoms with Crippen molar-refractivity contribution in [2.24, 2.45) is 0 Å². The van der Waals surface area contributed by atoms with E-state index in [2.05, 4.69) is 16.0 Å². The van der Waals surface area contributed by atoms with E-state index in [0.29, 0.717) is 6.42 Å². The zero-order chi connectivity index (χ0) is 21.9. The first kappa shape index (κ1) is 24.3. The standard InChI is InChI=1S/C22H35N3O5/c1-15(2)23-19(13-28-3)22(27)25-20(14-29-4)21(26)24-17(11-18-12-30-18)10-16-8-6-5-7-9-16/h5-9,15,17-20,23H,10-14H2,1-4H3,(H,24,26)(H,25,27)/t17-,18-,19-,20-/m0/s1. The molecular weight excluding hydrogens is 386 g/mol. The number of benzene rings is 1. The summed E-state index contributed by atoms with van der Waals surface area (Å²) < 4.78 is 15.7. The lowest BCUT2D eigenvalue weighted by molar-refractivity contribution is -0.132. The molecule has 8 heteroatoms. The molecule has 0 radical (unpaired) electrons. The van der Waals surface area contributed by atoms with Gasteiger partial charge in [0.15, 0.2) is 0 Å². The molecule has 30 heavy (non-hydrogen) atoms. The molecule has 2 rings (SSSR count). The molecule has 0 saturated carbocycles. The second kappa shape index (κ2) is 12.6. The van der Waals surface area contributed by atoms with Crippen molar-refractivity contribution in [3.8, 4) is 0 Å². The number of hydrogen-bond donors (Lipinski definition) is 3. The number of hydrogen-bond acceptors (Lipinski definition) is 6. The predicted octanol–water partition coefficient (Wildman–Crippen LogP) is 0.647. The summed E-state index contributed by atoms with van der Waals surface area (Å²) in [5.74, 6) is -0.569. The van der Waals surface area contributed by atoms with Crippen molar-refractivity contribution in [2.45, 2.75) is 57.0 Å². The number of methoxy groups -OCH3 is 2. The average molecular weight is 422 g/mol. The molecule has 4 atom stereocenters. The van der Waals surface area contributed by atoms with Crippen LogP contribution < -0.4 is 16.0 Å². The van der Waals surface area contributed by atoms with Crippen LogP contribution in [0.5, 0.6) is 0 Å². The van der Waals surface area contributed by atoms with Gasteiger partial charge in [-0.2, -0.15) is 0 Å². The van der Waals surface area contributed by atoms with Gasteiger partial charge < -0.3 is 30.2 Å². The van der Waals surface area contributed by atoms with Crippen LogP contribution in [0.2, 0.25) is 0 Å². The van der Waals surface area contributed by atoms with Crippen molar-refractivity contribution < 1.29 is 23.8 Å². The number of amides is 2. The molecule has 1 fully saturated rings. The van der Waals surface area contributed by atoms with E-state index < -0.39 is 12.1 Å². The third-order valence-electron chi connectivity index (χ3n) is 4.77. The fraction of sp³-hybridized carbons (Fsp3) is 0.636. The van der Waals surface area contributed by atoms with Gasteiger partial charge in [-0.15, -0.1) is 0 Å². The van der Waals surface area contributed by atoms with Crippen molar-refractivity contribution in [1.29, 1.82) is 0 Å². The molecule has 2 amide bonds. The summed E-state index contributed by atoms with van der Waals surface area (Å²) in [6.45, 7) is 4.91. The molecule has 0 aromatic heterocycles. The zero-order valence-electron chi connectivity index (χ0n) is 18.4. The molecule has 0 aliphatic carbocycles. The quantitative estimate of drug-likeness (QED) is 0.381. The van der Waals surface area contributed by atoms with Gasteiger partial charge in [-0.1, -0.05) is 44.2 Å². The maximum Gasteiger partial charge on any atom is 0.245 e. The van der Waals surface area contributed by atoms with Crippen LogP contribution >= 0.6 is 0 Å². The lowest BCUT2D eigenvalue weighted by Gasteiger charge is -2.26. The van der Waals surface area contributed by atoms with E-state index in [1.54, 1.807) is 0 Å². The Morgan fingerprint density at radius 1 is 1.03 bits per heavy atom. The van der Waals surface area contributed by atoms with Gasteiger partial charge in [-0.05, 0) is 18.4 Å². The van der Waals surface area contributed by atoms with Crippen molar-refractivity contribution in [3.05, 3.63) is 35.9 Å². The molecule has 0 unspecified atom stereocenters. The molecule has 1 aromatic rings. The van der Waals surface area contributed by atoms with Gasteiger partial charge in [0.25, 0.3) is 0 Å². The van der Waals surface area contributed by atoms with Gasteiger partial charge >= 0.3 is 0 Å². The number of carbonyl (C=O) groups excluding carboxylic acids is 2. The number of carbonyl (C=O) groups is 2. The SMILES string of the molecule is COC[C@H](NC(=O)[C@H](COC)NC(C)C)C(=O)N[C@@H](Cc1ccccc1)C[C@H]1CO1. The molecule has 0 spiro atoms. The fourth-order valence-corrected chi connectivity index (χ4v) is 3.31. The molecule has 0 bridgehead atoms. The van der Waals surface area contributed by atoms with Gasteiger partial charge in [0.2, 0.25) is 11.8 Å². The Bertz CT molecular complexity index is 651. The van der Waals surface area contributed by atoms with E-state index in [1.807, 2.05) is 44.2 Å². The molecule has 168 valence electrons. The minimum atomic E-state index is -0.797. The maximum atomic E-state index is 13.0. The molecule has 1 aromatic carbocycles. The smallest absolute Gasteiger partial charge is 0.245 e. The van der Waals surface area contributed by atoms with E-state index in [4.69, 9.17) is 14.2 Å². The first-order valence-corrected chi connectivity index (χ1v) is 10.4. The molecule has 1 heterocycles. The monoisotopic (exact) mass is 421 g/mol. The first-order valence-electron chi connectivity index (χ1n) is 10.4. The van der Waals surface area contributed by atoms with Gasteiger partial charge in [0.05, 0.1) is 25.9 Å². The highest BCUT2D eigenvalue weighted by atomic mass is 16.6. The Kier molecular flexibility index (Phi) is 10.2. The first-order chi connectivity index (χ1) is 14.4. The largest absolute Gasteiger partial charge is 0.383 e. The van der Waals surface area contributed by atoms with Crippen LogP contribution in [0, 0.1) is 0 Å². The Hall–Kier alpha value is -2.00. The Labute approximate surface area is 179 Å². The zero-order valence-corrected chi connectivity index (χ0v) is 18.4. The second-order valence-corrected chi connectivity index (χ2v) is 7.93. The third-order valence-corrected chi connectivity index (χ3v) is 4.77. The maximum absolute atomic E-state index is 13.0. The highest BCUT2D eigenvalue weighted by molar-refractivity contribution is 5.90. The Morgan fingerprint density at radius 2 is 1.63 bits per heavy atom. The van der Waals surface area contributed by atoms with Crippen LogP contribution in [-0.2, 0) is 30.2 Å². The molecule has 1 saturated heterocycles. The molecule has 1 aliphatic rings. The Morgan fingerprint density at radius 3 is 2.20 bits per heavy atom. The molecule has 1 aliphatic heterocycles. The lowest BCUT2D eigenvalue weighted by atomic mass is 10.0. The van der Waals surface area contributed by atoms with Crippen LogP contribution in [0.3, 0.4) is 0 Å². The summed E-state index contributed by atoms with van der Waals surface area (Å²) in [6, 6.07) is 8.65. The lowest BCUT2D eigenvalue weighted by Crippen LogP contribution is -2.57. The Balaban J connectivity index is 2.00. The van der Waals surface area contributed by atoms with Gasteiger partial charge in [0, 0.05) is 26.3 Å². The highest BCUT2D eigenvalue weighted by Crippen LogP contribution is 2.18. The van der Waals surface area contributed by atoms with Crippen molar-refractivity contribution in [3.63, 3.8) is 0 Å². The summed E-state index contributed by atoms with van der Waals surface area (Å²) >= 11 is 0. The van der Waals surface area contributed by atoms with Crippen LogP contribution in [0.4, 0.5) is 0 Å². The summed E-state index contributed by atoms with van der Waals surface area (Å²) in [5.41, 5.74) is 1.14. The van der Waals surface area contributed by atoms with E-state index in [1.165, 1.54) is 14.2 Å². The second-order valence-electron chi connectivity index (χ2n) is 7.93. The van der Waals surface area contributed by atoms with Crippen LogP contribution in [0.15, 0.2) is 30.3 Å². The van der Waals surface area contributed by atoms with Crippen LogP contribution in [0.25, 0.3) is 0 Å². The summed E-state index contributed by atoms with van der Waals surface area (Å²) in [6.07, 6.45) is 1.60. The topological polar surface area (TPSA) is 101 Å². The fourth-order valence-electron chi connectivity index (χ4n) is 3.31. The minimum absolute atomic E-state index is 0.0803. The predicted molar refractivity (Wildman–Crippen MR) is 114 cm³/mol. The average Bonchev–Trinajstić information content (AvgIpc) is 3.51. The van der Waals surface area contributed by atoms with E-state index in [9.17, 15) is 9.59 Å². The normalized spacial score (nSPS) is 18.5. The molecule has 8 nitrogen and oxygen atoms in total. The number of ether oxygens (including phenoxy) is 3. The van der Waals surface area contributed by atoms with E-state index in [0.717, 1.165) is 18.6 Å². The highest BCUT2D eigenvalue weighted by Gasteiger charge is 2.31. The third kappa shape index (κ3) is 8.79. The van der Waals surface area contributed by atoms with Gasteiger partial charge in [-0.25, -0.2) is 0 Å². The van der Waals surface area contributed by atoms with E-state index in [-0.39, 0.29) is 43.2 Å². The minimum Gasteiger partial charge on any atom is -0.383 e. The number of nitrogens with one attached hydrogen (secondary N) is 3. The summed E-state index contributed by atoms with van der Waals surface area (Å²) in [4.78, 5) is 25.7. The van der Waals surface area contributed by atoms with Crippen LogP contribution in [0.1, 0.15) is 25.8 Å². The summed E-state index contributed by atoms with van der Waals surface area (Å²) in [7, 11) is 3.04. The number of epoxide rings is 1. The van der Waals surface area contributed by atoms with Crippen molar-refractivity contribution >= 4 is 11.8 Å². The van der Waals surface area contributed by atoms with Crippen LogP contribution in [-0.4, -0.2) is 76.1 Å².